The van der Waals surface area contributed by atoms with E-state index >= 15 is 0 Å². The number of aryl methyl sites for hydroxylation is 2. The summed E-state index contributed by atoms with van der Waals surface area (Å²) in [5.41, 5.74) is 6.54. The van der Waals surface area contributed by atoms with Gasteiger partial charge in [-0.2, -0.15) is 0 Å². The molecule has 3 aromatic rings. The Balaban J connectivity index is 1.40. The molecule has 0 unspecified atom stereocenters. The summed E-state index contributed by atoms with van der Waals surface area (Å²) < 4.78 is 0. The summed E-state index contributed by atoms with van der Waals surface area (Å²) in [7, 11) is 2.18. The number of nitrogens with zero attached hydrogens (tertiary/aromatic N) is 4. The minimum atomic E-state index is 1.03. The molecule has 1 fully saturated rings. The Hall–Kier alpha value is -2.24. The van der Waals surface area contributed by atoms with Crippen molar-refractivity contribution in [2.24, 2.45) is 0 Å². The average molecular weight is 391 g/mol. The quantitative estimate of drug-likeness (QED) is 0.659. The van der Waals surface area contributed by atoms with Crippen LogP contribution in [0.25, 0.3) is 21.8 Å². The predicted molar refractivity (Wildman–Crippen MR) is 117 cm³/mol. The standard InChI is InChI=1S/C23H26N4S/c1-26-10-12-27(13-11-26)22-15-20(8-9-24-22)23-25-21(16-28-23)19-7-6-17-4-2-3-5-18(17)14-19/h6-9,14-16H,2-5,10-13H2,1H3. The van der Waals surface area contributed by atoms with Crippen LogP contribution in [0, 0.1) is 0 Å². The number of benzene rings is 1. The number of fused-ring (bicyclic) bond motifs is 1. The van der Waals surface area contributed by atoms with Gasteiger partial charge in [-0.05, 0) is 62.1 Å². The third kappa shape index (κ3) is 3.56. The molecule has 5 heteroatoms. The van der Waals surface area contributed by atoms with Gasteiger partial charge in [0.25, 0.3) is 0 Å². The molecule has 0 saturated carbocycles. The van der Waals surface area contributed by atoms with Crippen molar-refractivity contribution in [3.05, 3.63) is 53.0 Å². The first-order valence-electron chi connectivity index (χ1n) is 10.2. The Morgan fingerprint density at radius 2 is 1.71 bits per heavy atom. The summed E-state index contributed by atoms with van der Waals surface area (Å²) in [6.45, 7) is 4.24. The average Bonchev–Trinajstić information content (AvgIpc) is 3.24. The highest BCUT2D eigenvalue weighted by molar-refractivity contribution is 7.13. The predicted octanol–water partition coefficient (Wildman–Crippen LogP) is 4.50. The molecule has 2 aliphatic rings. The number of piperazine rings is 1. The van der Waals surface area contributed by atoms with Crippen molar-refractivity contribution in [2.45, 2.75) is 25.7 Å². The monoisotopic (exact) mass is 390 g/mol. The molecule has 3 heterocycles. The van der Waals surface area contributed by atoms with E-state index in [1.54, 1.807) is 11.3 Å². The number of rotatable bonds is 3. The third-order valence-electron chi connectivity index (χ3n) is 5.97. The summed E-state index contributed by atoms with van der Waals surface area (Å²) >= 11 is 1.72. The fraction of sp³-hybridized carbons (Fsp3) is 0.391. The van der Waals surface area contributed by atoms with Crippen molar-refractivity contribution >= 4 is 17.2 Å². The molecule has 1 aromatic carbocycles. The molecule has 144 valence electrons. The van der Waals surface area contributed by atoms with E-state index in [9.17, 15) is 0 Å². The van der Waals surface area contributed by atoms with Gasteiger partial charge >= 0.3 is 0 Å². The van der Waals surface area contributed by atoms with Gasteiger partial charge < -0.3 is 9.80 Å². The smallest absolute Gasteiger partial charge is 0.129 e. The van der Waals surface area contributed by atoms with Gasteiger partial charge in [0.05, 0.1) is 5.69 Å². The maximum absolute atomic E-state index is 4.96. The van der Waals surface area contributed by atoms with Crippen LogP contribution >= 0.6 is 11.3 Å². The molecule has 0 spiro atoms. The van der Waals surface area contributed by atoms with Crippen LogP contribution in [0.15, 0.2) is 41.9 Å². The highest BCUT2D eigenvalue weighted by atomic mass is 32.1. The van der Waals surface area contributed by atoms with Crippen LogP contribution in [0.5, 0.6) is 0 Å². The van der Waals surface area contributed by atoms with Crippen molar-refractivity contribution in [3.8, 4) is 21.8 Å². The van der Waals surface area contributed by atoms with Crippen LogP contribution in [0.2, 0.25) is 0 Å². The number of thiazole rings is 1. The first-order chi connectivity index (χ1) is 13.8. The Labute approximate surface area is 170 Å². The number of pyridine rings is 1. The summed E-state index contributed by atoms with van der Waals surface area (Å²) in [4.78, 5) is 14.3. The maximum atomic E-state index is 4.96. The lowest BCUT2D eigenvalue weighted by Crippen LogP contribution is -2.44. The highest BCUT2D eigenvalue weighted by Gasteiger charge is 2.17. The number of anilines is 1. The van der Waals surface area contributed by atoms with Gasteiger partial charge in [-0.1, -0.05) is 12.1 Å². The van der Waals surface area contributed by atoms with Crippen molar-refractivity contribution in [1.82, 2.24) is 14.9 Å². The Morgan fingerprint density at radius 1 is 0.893 bits per heavy atom. The second-order valence-electron chi connectivity index (χ2n) is 7.92. The number of likely N-dealkylation sites (N-methyl/N-ethyl adjacent to an activating group) is 1. The minimum absolute atomic E-state index is 1.03. The Morgan fingerprint density at radius 3 is 2.57 bits per heavy atom. The van der Waals surface area contributed by atoms with Crippen LogP contribution < -0.4 is 4.90 Å². The summed E-state index contributed by atoms with van der Waals surface area (Å²) in [6, 6.07) is 11.2. The Bertz CT molecular complexity index is 972. The van der Waals surface area contributed by atoms with Gasteiger partial charge in [-0.15, -0.1) is 11.3 Å². The zero-order valence-corrected chi connectivity index (χ0v) is 17.2. The van der Waals surface area contributed by atoms with Crippen molar-refractivity contribution in [2.75, 3.05) is 38.1 Å². The van der Waals surface area contributed by atoms with Crippen molar-refractivity contribution < 1.29 is 0 Å². The van der Waals surface area contributed by atoms with E-state index in [1.165, 1.54) is 42.4 Å². The number of hydrogen-bond donors (Lipinski definition) is 0. The molecule has 1 aliphatic heterocycles. The van der Waals surface area contributed by atoms with Gasteiger partial charge in [0, 0.05) is 48.9 Å². The molecule has 4 nitrogen and oxygen atoms in total. The molecule has 0 amide bonds. The molecule has 0 N–H and O–H groups in total. The van der Waals surface area contributed by atoms with E-state index in [0.29, 0.717) is 0 Å². The first kappa shape index (κ1) is 17.8. The lowest BCUT2D eigenvalue weighted by molar-refractivity contribution is 0.312. The van der Waals surface area contributed by atoms with E-state index < -0.39 is 0 Å². The molecule has 1 saturated heterocycles. The lowest BCUT2D eigenvalue weighted by atomic mass is 9.90. The summed E-state index contributed by atoms with van der Waals surface area (Å²) in [5.74, 6) is 1.07. The molecule has 1 aliphatic carbocycles. The van der Waals surface area contributed by atoms with E-state index in [0.717, 1.165) is 48.3 Å². The van der Waals surface area contributed by atoms with Gasteiger partial charge in [0.2, 0.25) is 0 Å². The van der Waals surface area contributed by atoms with Crippen molar-refractivity contribution in [1.29, 1.82) is 0 Å². The zero-order valence-electron chi connectivity index (χ0n) is 16.4. The van der Waals surface area contributed by atoms with Gasteiger partial charge in [0.15, 0.2) is 0 Å². The fourth-order valence-electron chi connectivity index (χ4n) is 4.19. The molecule has 0 atom stereocenters. The summed E-state index contributed by atoms with van der Waals surface area (Å²) in [5, 5.41) is 3.26. The molecule has 0 bridgehead atoms. The van der Waals surface area contributed by atoms with Crippen molar-refractivity contribution in [3.63, 3.8) is 0 Å². The van der Waals surface area contributed by atoms with Gasteiger partial charge in [0.1, 0.15) is 10.8 Å². The Kier molecular flexibility index (Phi) is 4.87. The summed E-state index contributed by atoms with van der Waals surface area (Å²) in [6.07, 6.45) is 6.99. The molecule has 2 aromatic heterocycles. The van der Waals surface area contributed by atoms with Crippen LogP contribution in [0.4, 0.5) is 5.82 Å². The highest BCUT2D eigenvalue weighted by Crippen LogP contribution is 2.32. The van der Waals surface area contributed by atoms with E-state index in [4.69, 9.17) is 4.98 Å². The SMILES string of the molecule is CN1CCN(c2cc(-c3nc(-c4ccc5c(c4)CCCC5)cs3)ccn2)CC1. The molecular formula is C23H26N4S. The normalized spacial score (nSPS) is 17.5. The molecule has 0 radical (unpaired) electrons. The fourth-order valence-corrected chi connectivity index (χ4v) is 5.02. The topological polar surface area (TPSA) is 32.3 Å². The van der Waals surface area contributed by atoms with Crippen LogP contribution in [-0.4, -0.2) is 48.1 Å². The van der Waals surface area contributed by atoms with E-state index in [2.05, 4.69) is 57.5 Å². The largest absolute Gasteiger partial charge is 0.354 e. The second kappa shape index (κ2) is 7.64. The van der Waals surface area contributed by atoms with Crippen LogP contribution in [-0.2, 0) is 12.8 Å². The molecule has 28 heavy (non-hydrogen) atoms. The van der Waals surface area contributed by atoms with Gasteiger partial charge in [-0.3, -0.25) is 0 Å². The third-order valence-corrected chi connectivity index (χ3v) is 6.86. The zero-order chi connectivity index (χ0) is 18.9. The first-order valence-corrected chi connectivity index (χ1v) is 11.1. The van der Waals surface area contributed by atoms with E-state index in [1.807, 2.05) is 6.20 Å². The molecule has 5 rings (SSSR count). The lowest BCUT2D eigenvalue weighted by Gasteiger charge is -2.33. The van der Waals surface area contributed by atoms with Crippen LogP contribution in [0.1, 0.15) is 24.0 Å². The number of aromatic nitrogens is 2. The maximum Gasteiger partial charge on any atom is 0.129 e. The number of hydrogen-bond acceptors (Lipinski definition) is 5. The van der Waals surface area contributed by atoms with E-state index in [-0.39, 0.29) is 0 Å². The molecular weight excluding hydrogens is 364 g/mol. The van der Waals surface area contributed by atoms with Crippen LogP contribution in [0.3, 0.4) is 0 Å². The minimum Gasteiger partial charge on any atom is -0.354 e. The second-order valence-corrected chi connectivity index (χ2v) is 8.78. The van der Waals surface area contributed by atoms with Gasteiger partial charge in [-0.25, -0.2) is 9.97 Å².